The minimum atomic E-state index is -1.55. The van der Waals surface area contributed by atoms with Crippen LogP contribution >= 0.6 is 0 Å². The predicted octanol–water partition coefficient (Wildman–Crippen LogP) is 10.1. The normalized spacial score (nSPS) is 14.5. The summed E-state index contributed by atoms with van der Waals surface area (Å²) in [5.74, 6) is -0.628. The lowest BCUT2D eigenvalue weighted by Crippen LogP contribution is -2.44. The van der Waals surface area contributed by atoms with Crippen LogP contribution in [0.2, 0.25) is 0 Å². The van der Waals surface area contributed by atoms with Crippen molar-refractivity contribution < 1.29 is 14.6 Å². The summed E-state index contributed by atoms with van der Waals surface area (Å²) < 4.78 is 14.2. The van der Waals surface area contributed by atoms with Gasteiger partial charge in [0, 0.05) is 11.8 Å². The monoisotopic (exact) mass is 601 g/mol. The summed E-state index contributed by atoms with van der Waals surface area (Å²) in [4.78, 5) is 4.99. The highest BCUT2D eigenvalue weighted by molar-refractivity contribution is 5.83. The van der Waals surface area contributed by atoms with Gasteiger partial charge in [-0.2, -0.15) is 0 Å². The van der Waals surface area contributed by atoms with Gasteiger partial charge in [-0.05, 0) is 79.2 Å². The molecule has 2 N–H and O–H groups in total. The number of hydrogen-bond acceptors (Lipinski definition) is 3. The molecule has 0 saturated carbocycles. The van der Waals surface area contributed by atoms with Crippen LogP contribution < -0.4 is 0 Å². The lowest BCUT2D eigenvalue weighted by atomic mass is 9.70. The van der Waals surface area contributed by atoms with Crippen molar-refractivity contribution in [2.45, 2.75) is 130 Å². The third-order valence-corrected chi connectivity index (χ3v) is 8.63. The van der Waals surface area contributed by atoms with E-state index in [4.69, 9.17) is 4.99 Å². The Morgan fingerprint density at radius 2 is 0.932 bits per heavy atom. The van der Waals surface area contributed by atoms with Gasteiger partial charge in [0.2, 0.25) is 0 Å². The van der Waals surface area contributed by atoms with Crippen LogP contribution in [0.4, 0.5) is 4.39 Å². The zero-order valence-corrected chi connectivity index (χ0v) is 29.6. The molecule has 0 bridgehead atoms. The van der Waals surface area contributed by atoms with E-state index in [1.807, 2.05) is 0 Å². The molecule has 0 fully saturated rings. The molecule has 1 atom stereocenters. The second-order valence-electron chi connectivity index (χ2n) is 17.0. The topological polar surface area (TPSA) is 52.8 Å². The van der Waals surface area contributed by atoms with Crippen LogP contribution in [0.25, 0.3) is 0 Å². The van der Waals surface area contributed by atoms with Gasteiger partial charge in [-0.25, -0.2) is 4.39 Å². The average Bonchev–Trinajstić information content (AvgIpc) is 2.87. The molecule has 44 heavy (non-hydrogen) atoms. The Kier molecular flexibility index (Phi) is 9.75. The first-order chi connectivity index (χ1) is 19.8. The lowest BCUT2D eigenvalue weighted by Gasteiger charge is -2.40. The van der Waals surface area contributed by atoms with Gasteiger partial charge in [0.1, 0.15) is 17.2 Å². The maximum atomic E-state index is 14.2. The van der Waals surface area contributed by atoms with Crippen molar-refractivity contribution in [3.05, 3.63) is 99.4 Å². The maximum Gasteiger partial charge on any atom is 0.137 e. The summed E-state index contributed by atoms with van der Waals surface area (Å²) in [5, 5.41) is 24.0. The first-order valence-electron chi connectivity index (χ1n) is 15.9. The van der Waals surface area contributed by atoms with Crippen molar-refractivity contribution in [1.29, 1.82) is 0 Å². The molecule has 3 nitrogen and oxygen atoms in total. The number of phenolic OH excluding ortho intramolecular Hbond substituents is 1. The predicted molar refractivity (Wildman–Crippen MR) is 185 cm³/mol. The summed E-state index contributed by atoms with van der Waals surface area (Å²) in [6, 6.07) is 16.2. The lowest BCUT2D eigenvalue weighted by molar-refractivity contribution is 0.0361. The van der Waals surface area contributed by atoms with Gasteiger partial charge < -0.3 is 10.2 Å². The fourth-order valence-corrected chi connectivity index (χ4v) is 5.49. The van der Waals surface area contributed by atoms with Crippen molar-refractivity contribution in [2.75, 3.05) is 0 Å². The molecule has 0 heterocycles. The number of aliphatic imine (C=N–C) groups is 1. The number of hydrogen-bond donors (Lipinski definition) is 2. The van der Waals surface area contributed by atoms with Crippen LogP contribution in [-0.2, 0) is 27.3 Å². The van der Waals surface area contributed by atoms with Gasteiger partial charge in [-0.15, -0.1) is 0 Å². The first-order valence-corrected chi connectivity index (χ1v) is 15.9. The highest BCUT2D eigenvalue weighted by Crippen LogP contribution is 2.44. The van der Waals surface area contributed by atoms with Gasteiger partial charge in [0.25, 0.3) is 0 Å². The largest absolute Gasteiger partial charge is 0.507 e. The molecule has 240 valence electrons. The Labute approximate surface area is 266 Å². The summed E-state index contributed by atoms with van der Waals surface area (Å²) in [6.45, 7) is 30.4. The minimum absolute atomic E-state index is 0.0595. The standard InChI is InChI=1S/C40H56FNO2/c1-25(2)35(42-24-26-17-33(41)15-16-34(26)43)40(44,31-20-27(36(3,4)5)18-28(21-31)37(6,7)8)32-22-29(38(9,10)11)19-30(23-32)39(12,13)14/h15-25,35,43-44H,1-14H3. The fraction of sp³-hybridized carbons (Fsp3) is 0.525. The minimum Gasteiger partial charge on any atom is -0.507 e. The zero-order valence-electron chi connectivity index (χ0n) is 29.6. The molecule has 3 aromatic carbocycles. The van der Waals surface area contributed by atoms with Crippen molar-refractivity contribution in [2.24, 2.45) is 10.9 Å². The van der Waals surface area contributed by atoms with Gasteiger partial charge in [0.15, 0.2) is 0 Å². The highest BCUT2D eigenvalue weighted by atomic mass is 19.1. The van der Waals surface area contributed by atoms with E-state index < -0.39 is 17.5 Å². The second-order valence-corrected chi connectivity index (χ2v) is 17.0. The molecular formula is C40H56FNO2. The molecule has 0 aliphatic rings. The fourth-order valence-electron chi connectivity index (χ4n) is 5.49. The van der Waals surface area contributed by atoms with E-state index in [0.717, 1.165) is 33.4 Å². The van der Waals surface area contributed by atoms with Crippen molar-refractivity contribution in [3.63, 3.8) is 0 Å². The maximum absolute atomic E-state index is 14.2. The molecule has 0 aliphatic heterocycles. The summed E-state index contributed by atoms with van der Waals surface area (Å²) in [6.07, 6.45) is 1.50. The van der Waals surface area contributed by atoms with Gasteiger partial charge in [-0.3, -0.25) is 4.99 Å². The Morgan fingerprint density at radius 3 is 1.25 bits per heavy atom. The number of nitrogens with zero attached hydrogens (tertiary/aromatic N) is 1. The third-order valence-electron chi connectivity index (χ3n) is 8.63. The van der Waals surface area contributed by atoms with Crippen LogP contribution in [-0.4, -0.2) is 22.5 Å². The molecule has 3 rings (SSSR count). The Hall–Kier alpha value is -2.98. The Morgan fingerprint density at radius 1 is 0.591 bits per heavy atom. The molecule has 0 aliphatic carbocycles. The summed E-state index contributed by atoms with van der Waals surface area (Å²) in [7, 11) is 0. The van der Waals surface area contributed by atoms with Crippen molar-refractivity contribution >= 4 is 6.21 Å². The van der Waals surface area contributed by atoms with Crippen LogP contribution in [0.3, 0.4) is 0 Å². The molecule has 0 aromatic heterocycles. The number of rotatable bonds is 6. The second kappa shape index (κ2) is 12.1. The van der Waals surface area contributed by atoms with Crippen molar-refractivity contribution in [1.82, 2.24) is 0 Å². The number of aromatic hydroxyl groups is 1. The average molecular weight is 602 g/mol. The zero-order chi connectivity index (χ0) is 33.6. The van der Waals surface area contributed by atoms with Crippen LogP contribution in [0.5, 0.6) is 5.75 Å². The quantitative estimate of drug-likeness (QED) is 0.276. The van der Waals surface area contributed by atoms with Gasteiger partial charge in [-0.1, -0.05) is 133 Å². The van der Waals surface area contributed by atoms with E-state index in [2.05, 4.69) is 133 Å². The number of benzene rings is 3. The summed E-state index contributed by atoms with van der Waals surface area (Å²) in [5.41, 5.74) is 4.18. The smallest absolute Gasteiger partial charge is 0.137 e. The Bertz CT molecular complexity index is 1360. The first kappa shape index (κ1) is 35.5. The molecule has 0 amide bonds. The molecule has 0 spiro atoms. The van der Waals surface area contributed by atoms with E-state index in [1.54, 1.807) is 0 Å². The molecule has 1 unspecified atom stereocenters. The van der Waals surface area contributed by atoms with E-state index in [9.17, 15) is 14.6 Å². The molecule has 4 heteroatoms. The van der Waals surface area contributed by atoms with E-state index in [0.29, 0.717) is 0 Å². The number of halogens is 1. The highest BCUT2D eigenvalue weighted by Gasteiger charge is 2.44. The van der Waals surface area contributed by atoms with Crippen molar-refractivity contribution in [3.8, 4) is 5.75 Å². The molecule has 0 radical (unpaired) electrons. The van der Waals surface area contributed by atoms with Crippen LogP contribution in [0.1, 0.15) is 136 Å². The Balaban J connectivity index is 2.53. The van der Waals surface area contributed by atoms with E-state index >= 15 is 0 Å². The van der Waals surface area contributed by atoms with Crippen LogP contribution in [0, 0.1) is 11.7 Å². The van der Waals surface area contributed by atoms with E-state index in [-0.39, 0.29) is 38.9 Å². The van der Waals surface area contributed by atoms with Gasteiger partial charge in [0.05, 0.1) is 6.04 Å². The molecule has 0 saturated heterocycles. The number of phenols is 1. The third kappa shape index (κ3) is 7.80. The summed E-state index contributed by atoms with van der Waals surface area (Å²) >= 11 is 0. The van der Waals surface area contributed by atoms with Gasteiger partial charge >= 0.3 is 0 Å². The molecular weight excluding hydrogens is 545 g/mol. The number of aliphatic hydroxyl groups is 1. The molecule has 3 aromatic rings. The van der Waals surface area contributed by atoms with E-state index in [1.165, 1.54) is 24.4 Å². The SMILES string of the molecule is CC(C)C(N=Cc1cc(F)ccc1O)C(O)(c1cc(C(C)(C)C)cc(C(C)(C)C)c1)c1cc(C(C)(C)C)cc(C(C)(C)C)c1. The van der Waals surface area contributed by atoms with Crippen LogP contribution in [0.15, 0.2) is 59.6 Å².